The van der Waals surface area contributed by atoms with E-state index in [1.165, 1.54) is 0 Å². The van der Waals surface area contributed by atoms with Gasteiger partial charge in [0.2, 0.25) is 0 Å². The highest BCUT2D eigenvalue weighted by Crippen LogP contribution is 2.27. The van der Waals surface area contributed by atoms with Gasteiger partial charge >= 0.3 is 0 Å². The van der Waals surface area contributed by atoms with E-state index >= 15 is 0 Å². The van der Waals surface area contributed by atoms with E-state index < -0.39 is 0 Å². The van der Waals surface area contributed by atoms with Crippen LogP contribution in [0.5, 0.6) is 11.5 Å². The Morgan fingerprint density at radius 2 is 2.05 bits per heavy atom. The van der Waals surface area contributed by atoms with E-state index in [-0.39, 0.29) is 11.9 Å². The second-order valence-electron chi connectivity index (χ2n) is 5.38. The number of nitrogens with zero attached hydrogens (tertiary/aromatic N) is 1. The van der Waals surface area contributed by atoms with Crippen molar-refractivity contribution in [2.45, 2.75) is 19.4 Å². The third kappa shape index (κ3) is 3.04. The number of hydrogen-bond acceptors (Lipinski definition) is 4. The number of likely N-dealkylation sites (tertiary alicyclic amines) is 1. The number of nitrogens with two attached hydrogens (primary N) is 1. The Hall–Kier alpha value is -1.75. The maximum absolute atomic E-state index is 12.7. The lowest BCUT2D eigenvalue weighted by atomic mass is 9.96. The molecule has 5 nitrogen and oxygen atoms in total. The topological polar surface area (TPSA) is 64.8 Å². The number of rotatable bonds is 3. The summed E-state index contributed by atoms with van der Waals surface area (Å²) in [6.45, 7) is 3.43. The average molecular weight is 278 g/mol. The van der Waals surface area contributed by atoms with Crippen LogP contribution in [-0.2, 0) is 0 Å². The second kappa shape index (κ2) is 6.13. The van der Waals surface area contributed by atoms with Crippen LogP contribution < -0.4 is 15.2 Å². The third-order valence-electron chi connectivity index (χ3n) is 3.62. The molecule has 0 saturated carbocycles. The molecule has 110 valence electrons. The number of hydrogen-bond donors (Lipinski definition) is 1. The van der Waals surface area contributed by atoms with Crippen LogP contribution in [-0.4, -0.2) is 44.2 Å². The van der Waals surface area contributed by atoms with Crippen LogP contribution >= 0.6 is 0 Å². The fourth-order valence-corrected chi connectivity index (χ4v) is 2.72. The first-order valence-electron chi connectivity index (χ1n) is 6.82. The van der Waals surface area contributed by atoms with Crippen molar-refractivity contribution in [3.63, 3.8) is 0 Å². The molecule has 1 aromatic rings. The molecule has 1 saturated heterocycles. The van der Waals surface area contributed by atoms with E-state index in [4.69, 9.17) is 15.2 Å². The molecule has 2 rings (SSSR count). The molecule has 0 aromatic heterocycles. The molecule has 1 aromatic carbocycles. The van der Waals surface area contributed by atoms with Crippen LogP contribution in [0.15, 0.2) is 18.2 Å². The molecule has 1 aliphatic heterocycles. The van der Waals surface area contributed by atoms with Gasteiger partial charge in [0.1, 0.15) is 11.5 Å². The zero-order valence-corrected chi connectivity index (χ0v) is 12.3. The summed E-state index contributed by atoms with van der Waals surface area (Å²) in [6, 6.07) is 5.28. The first kappa shape index (κ1) is 14.7. The largest absolute Gasteiger partial charge is 0.497 e. The monoisotopic (exact) mass is 278 g/mol. The maximum atomic E-state index is 12.7. The van der Waals surface area contributed by atoms with Crippen molar-refractivity contribution >= 4 is 5.91 Å². The normalized spacial score (nSPS) is 22.5. The summed E-state index contributed by atoms with van der Waals surface area (Å²) < 4.78 is 10.5. The van der Waals surface area contributed by atoms with Crippen LogP contribution in [0.25, 0.3) is 0 Å². The fourth-order valence-electron chi connectivity index (χ4n) is 2.72. The molecule has 1 heterocycles. The Labute approximate surface area is 119 Å². The van der Waals surface area contributed by atoms with Gasteiger partial charge in [0.05, 0.1) is 19.8 Å². The standard InChI is InChI=1S/C15H22N2O3/c1-10-6-11(16)9-17(8-10)15(18)13-7-12(19-2)4-5-14(13)20-3/h4-5,7,10-11H,6,8-9,16H2,1-3H3. The summed E-state index contributed by atoms with van der Waals surface area (Å²) in [7, 11) is 3.14. The van der Waals surface area contributed by atoms with Crippen molar-refractivity contribution < 1.29 is 14.3 Å². The predicted molar refractivity (Wildman–Crippen MR) is 77.2 cm³/mol. The highest BCUT2D eigenvalue weighted by molar-refractivity contribution is 5.97. The van der Waals surface area contributed by atoms with E-state index in [0.29, 0.717) is 29.5 Å². The number of carbonyl (C=O) groups is 1. The van der Waals surface area contributed by atoms with Gasteiger partial charge in [0, 0.05) is 19.1 Å². The maximum Gasteiger partial charge on any atom is 0.257 e. The summed E-state index contributed by atoms with van der Waals surface area (Å²) >= 11 is 0. The zero-order valence-electron chi connectivity index (χ0n) is 12.3. The molecular formula is C15H22N2O3. The van der Waals surface area contributed by atoms with E-state index in [1.54, 1.807) is 37.3 Å². The number of amides is 1. The van der Waals surface area contributed by atoms with Gasteiger partial charge in [-0.2, -0.15) is 0 Å². The van der Waals surface area contributed by atoms with Gasteiger partial charge < -0.3 is 20.1 Å². The minimum Gasteiger partial charge on any atom is -0.497 e. The lowest BCUT2D eigenvalue weighted by Gasteiger charge is -2.35. The van der Waals surface area contributed by atoms with Crippen molar-refractivity contribution in [3.05, 3.63) is 23.8 Å². The van der Waals surface area contributed by atoms with Gasteiger partial charge in [0.15, 0.2) is 0 Å². The molecule has 2 atom stereocenters. The first-order valence-corrected chi connectivity index (χ1v) is 6.82. The van der Waals surface area contributed by atoms with Crippen LogP contribution in [0, 0.1) is 5.92 Å². The molecule has 0 radical (unpaired) electrons. The van der Waals surface area contributed by atoms with E-state index in [2.05, 4.69) is 6.92 Å². The number of methoxy groups -OCH3 is 2. The van der Waals surface area contributed by atoms with E-state index in [1.807, 2.05) is 0 Å². The lowest BCUT2D eigenvalue weighted by molar-refractivity contribution is 0.0657. The molecule has 2 unspecified atom stereocenters. The smallest absolute Gasteiger partial charge is 0.257 e. The molecule has 1 fully saturated rings. The van der Waals surface area contributed by atoms with Crippen LogP contribution in [0.4, 0.5) is 0 Å². The van der Waals surface area contributed by atoms with Gasteiger partial charge in [-0.1, -0.05) is 6.92 Å². The van der Waals surface area contributed by atoms with Gasteiger partial charge in [0.25, 0.3) is 5.91 Å². The SMILES string of the molecule is COc1ccc(OC)c(C(=O)N2CC(C)CC(N)C2)c1. The van der Waals surface area contributed by atoms with Crippen molar-refractivity contribution in [2.24, 2.45) is 11.7 Å². The summed E-state index contributed by atoms with van der Waals surface area (Å²) in [6.07, 6.45) is 0.957. The van der Waals surface area contributed by atoms with Crippen molar-refractivity contribution in [3.8, 4) is 11.5 Å². The van der Waals surface area contributed by atoms with Crippen molar-refractivity contribution in [1.29, 1.82) is 0 Å². The number of carbonyl (C=O) groups excluding carboxylic acids is 1. The third-order valence-corrected chi connectivity index (χ3v) is 3.62. The second-order valence-corrected chi connectivity index (χ2v) is 5.38. The van der Waals surface area contributed by atoms with Crippen LogP contribution in [0.2, 0.25) is 0 Å². The Morgan fingerprint density at radius 1 is 1.30 bits per heavy atom. The summed E-state index contributed by atoms with van der Waals surface area (Å²) in [5, 5.41) is 0. The minimum absolute atomic E-state index is 0.0410. The fraction of sp³-hybridized carbons (Fsp3) is 0.533. The van der Waals surface area contributed by atoms with E-state index in [9.17, 15) is 4.79 Å². The molecule has 2 N–H and O–H groups in total. The van der Waals surface area contributed by atoms with Crippen molar-refractivity contribution in [2.75, 3.05) is 27.3 Å². The molecular weight excluding hydrogens is 256 g/mol. The lowest BCUT2D eigenvalue weighted by Crippen LogP contribution is -2.48. The van der Waals surface area contributed by atoms with Gasteiger partial charge in [-0.05, 0) is 30.5 Å². The number of ether oxygens (including phenoxy) is 2. The van der Waals surface area contributed by atoms with Crippen LogP contribution in [0.1, 0.15) is 23.7 Å². The molecule has 0 aliphatic carbocycles. The Bertz CT molecular complexity index is 480. The molecule has 1 aliphatic rings. The highest BCUT2D eigenvalue weighted by Gasteiger charge is 2.28. The molecule has 0 bridgehead atoms. The van der Waals surface area contributed by atoms with Gasteiger partial charge in [-0.3, -0.25) is 4.79 Å². The molecule has 20 heavy (non-hydrogen) atoms. The summed E-state index contributed by atoms with van der Waals surface area (Å²) in [4.78, 5) is 14.5. The summed E-state index contributed by atoms with van der Waals surface area (Å²) in [5.74, 6) is 1.56. The van der Waals surface area contributed by atoms with Gasteiger partial charge in [-0.15, -0.1) is 0 Å². The van der Waals surface area contributed by atoms with Crippen molar-refractivity contribution in [1.82, 2.24) is 4.90 Å². The van der Waals surface area contributed by atoms with E-state index in [0.717, 1.165) is 13.0 Å². The minimum atomic E-state index is -0.0530. The Morgan fingerprint density at radius 3 is 2.65 bits per heavy atom. The quantitative estimate of drug-likeness (QED) is 0.910. The van der Waals surface area contributed by atoms with Gasteiger partial charge in [-0.25, -0.2) is 0 Å². The molecule has 5 heteroatoms. The zero-order chi connectivity index (χ0) is 14.7. The van der Waals surface area contributed by atoms with Crippen LogP contribution in [0.3, 0.4) is 0 Å². The highest BCUT2D eigenvalue weighted by atomic mass is 16.5. The molecule has 1 amide bonds. The first-order chi connectivity index (χ1) is 9.55. The average Bonchev–Trinajstić information content (AvgIpc) is 2.44. The Balaban J connectivity index is 2.27. The summed E-state index contributed by atoms with van der Waals surface area (Å²) in [5.41, 5.74) is 6.53. The number of piperidine rings is 1. The number of benzene rings is 1. The predicted octanol–water partition coefficient (Wildman–Crippen LogP) is 1.51. The molecule has 0 spiro atoms. The Kier molecular flexibility index (Phi) is 4.49.